The van der Waals surface area contributed by atoms with Gasteiger partial charge in [-0.15, -0.1) is 0 Å². The van der Waals surface area contributed by atoms with Crippen molar-refractivity contribution in [2.75, 3.05) is 6.61 Å². The Labute approximate surface area is 96.8 Å². The fourth-order valence-electron chi connectivity index (χ4n) is 1.71. The van der Waals surface area contributed by atoms with Crippen LogP contribution in [0.4, 0.5) is 0 Å². The quantitative estimate of drug-likeness (QED) is 0.727. The molecule has 0 aliphatic heterocycles. The van der Waals surface area contributed by atoms with Crippen LogP contribution in [0.3, 0.4) is 0 Å². The van der Waals surface area contributed by atoms with Crippen molar-refractivity contribution in [3.8, 4) is 0 Å². The van der Waals surface area contributed by atoms with Gasteiger partial charge in [0, 0.05) is 12.3 Å². The highest BCUT2D eigenvalue weighted by Gasteiger charge is 2.29. The Kier molecular flexibility index (Phi) is 4.80. The lowest BCUT2D eigenvalue weighted by atomic mass is 10.2. The van der Waals surface area contributed by atoms with Crippen molar-refractivity contribution in [3.63, 3.8) is 0 Å². The monoisotopic (exact) mass is 227 g/mol. The number of carbonyl (C=O) groups excluding carboxylic acids is 1. The average molecular weight is 227 g/mol. The number of hydrogen-bond donors (Lipinski definition) is 1. The molecule has 0 amide bonds. The van der Waals surface area contributed by atoms with Crippen molar-refractivity contribution in [3.05, 3.63) is 11.3 Å². The van der Waals surface area contributed by atoms with Crippen LogP contribution in [-0.4, -0.2) is 24.8 Å². The molecule has 0 heterocycles. The van der Waals surface area contributed by atoms with Crippen LogP contribution in [0.2, 0.25) is 0 Å². The first-order valence-corrected chi connectivity index (χ1v) is 5.87. The van der Waals surface area contributed by atoms with E-state index in [1.54, 1.807) is 0 Å². The van der Waals surface area contributed by atoms with Crippen molar-refractivity contribution >= 4 is 5.97 Å². The molecular formula is C12H21NO3. The van der Waals surface area contributed by atoms with Gasteiger partial charge in [0.15, 0.2) is 0 Å². The molecule has 0 bridgehead atoms. The maximum atomic E-state index is 11.7. The van der Waals surface area contributed by atoms with E-state index in [9.17, 15) is 4.79 Å². The summed E-state index contributed by atoms with van der Waals surface area (Å²) in [4.78, 5) is 11.7. The predicted molar refractivity (Wildman–Crippen MR) is 61.7 cm³/mol. The average Bonchev–Trinajstić information content (AvgIpc) is 2.56. The van der Waals surface area contributed by atoms with Gasteiger partial charge in [-0.05, 0) is 33.1 Å². The molecule has 0 aromatic carbocycles. The van der Waals surface area contributed by atoms with E-state index in [0.717, 1.165) is 12.8 Å². The zero-order valence-electron chi connectivity index (χ0n) is 10.3. The van der Waals surface area contributed by atoms with E-state index in [1.165, 1.54) is 0 Å². The van der Waals surface area contributed by atoms with Gasteiger partial charge >= 0.3 is 5.97 Å². The van der Waals surface area contributed by atoms with Crippen LogP contribution in [0.5, 0.6) is 0 Å². The maximum absolute atomic E-state index is 11.7. The van der Waals surface area contributed by atoms with Gasteiger partial charge in [-0.25, -0.2) is 4.79 Å². The molecule has 1 aliphatic rings. The van der Waals surface area contributed by atoms with E-state index in [4.69, 9.17) is 15.2 Å². The smallest absolute Gasteiger partial charge is 0.336 e. The molecule has 2 N–H and O–H groups in total. The highest BCUT2D eigenvalue weighted by atomic mass is 16.5. The van der Waals surface area contributed by atoms with E-state index < -0.39 is 0 Å². The summed E-state index contributed by atoms with van der Waals surface area (Å²) < 4.78 is 10.7. The van der Waals surface area contributed by atoms with E-state index in [0.29, 0.717) is 24.3 Å². The molecule has 0 radical (unpaired) electrons. The highest BCUT2D eigenvalue weighted by Crippen LogP contribution is 2.26. The van der Waals surface area contributed by atoms with E-state index >= 15 is 0 Å². The molecule has 0 spiro atoms. The summed E-state index contributed by atoms with van der Waals surface area (Å²) in [7, 11) is 0. The second kappa shape index (κ2) is 5.89. The van der Waals surface area contributed by atoms with Crippen molar-refractivity contribution in [2.45, 2.75) is 52.2 Å². The van der Waals surface area contributed by atoms with Crippen LogP contribution in [0.15, 0.2) is 11.3 Å². The van der Waals surface area contributed by atoms with E-state index in [2.05, 4.69) is 0 Å². The number of rotatable bonds is 5. The predicted octanol–water partition coefficient (Wildman–Crippen LogP) is 1.74. The lowest BCUT2D eigenvalue weighted by Crippen LogP contribution is -2.21. The largest absolute Gasteiger partial charge is 0.460 e. The number of nitrogens with two attached hydrogens (primary N) is 1. The van der Waals surface area contributed by atoms with Crippen molar-refractivity contribution in [1.29, 1.82) is 0 Å². The molecule has 1 unspecified atom stereocenters. The summed E-state index contributed by atoms with van der Waals surface area (Å²) in [6.45, 7) is 6.38. The first-order valence-electron chi connectivity index (χ1n) is 5.87. The van der Waals surface area contributed by atoms with Gasteiger partial charge in [-0.3, -0.25) is 0 Å². The molecule has 0 aromatic heterocycles. The molecule has 16 heavy (non-hydrogen) atoms. The van der Waals surface area contributed by atoms with Crippen molar-refractivity contribution < 1.29 is 14.3 Å². The molecule has 4 nitrogen and oxygen atoms in total. The number of ether oxygens (including phenoxy) is 2. The minimum absolute atomic E-state index is 0.102. The van der Waals surface area contributed by atoms with Crippen LogP contribution < -0.4 is 5.73 Å². The summed E-state index contributed by atoms with van der Waals surface area (Å²) in [6, 6.07) is 0. The van der Waals surface area contributed by atoms with Crippen molar-refractivity contribution in [2.24, 2.45) is 5.73 Å². The first-order chi connectivity index (χ1) is 7.56. The summed E-state index contributed by atoms with van der Waals surface area (Å²) in [5.74, 6) is -0.296. The molecule has 1 atom stereocenters. The van der Waals surface area contributed by atoms with E-state index in [-0.39, 0.29) is 18.2 Å². The number of carbonyl (C=O) groups is 1. The second-order valence-electron chi connectivity index (χ2n) is 4.29. The summed E-state index contributed by atoms with van der Waals surface area (Å²) in [5.41, 5.74) is 7.04. The summed E-state index contributed by atoms with van der Waals surface area (Å²) in [6.07, 6.45) is 2.19. The van der Waals surface area contributed by atoms with Crippen LogP contribution in [0.25, 0.3) is 0 Å². The Bertz CT molecular complexity index is 284. The Hall–Kier alpha value is -1.03. The SMILES string of the molecule is CCCOC1CCC(C(=O)OC(C)C)=C1N. The first kappa shape index (κ1) is 13.0. The van der Waals surface area contributed by atoms with Gasteiger partial charge in [-0.2, -0.15) is 0 Å². The van der Waals surface area contributed by atoms with E-state index in [1.807, 2.05) is 20.8 Å². The van der Waals surface area contributed by atoms with Crippen LogP contribution >= 0.6 is 0 Å². The van der Waals surface area contributed by atoms with Gasteiger partial charge in [0.1, 0.15) is 0 Å². The fraction of sp³-hybridized carbons (Fsp3) is 0.750. The Morgan fingerprint density at radius 3 is 2.81 bits per heavy atom. The van der Waals surface area contributed by atoms with Gasteiger partial charge in [-0.1, -0.05) is 6.92 Å². The Morgan fingerprint density at radius 1 is 1.56 bits per heavy atom. The third-order valence-electron chi connectivity index (χ3n) is 2.46. The van der Waals surface area contributed by atoms with Gasteiger partial charge in [0.05, 0.1) is 17.8 Å². The summed E-state index contributed by atoms with van der Waals surface area (Å²) >= 11 is 0. The molecule has 0 saturated heterocycles. The standard InChI is InChI=1S/C12H21NO3/c1-4-7-15-10-6-5-9(11(10)13)12(14)16-8(2)3/h8,10H,4-7,13H2,1-3H3. The summed E-state index contributed by atoms with van der Waals surface area (Å²) in [5, 5.41) is 0. The topological polar surface area (TPSA) is 61.5 Å². The maximum Gasteiger partial charge on any atom is 0.336 e. The van der Waals surface area contributed by atoms with Gasteiger partial charge < -0.3 is 15.2 Å². The molecule has 1 rings (SSSR count). The third-order valence-corrected chi connectivity index (χ3v) is 2.46. The van der Waals surface area contributed by atoms with Gasteiger partial charge in [0.25, 0.3) is 0 Å². The third kappa shape index (κ3) is 3.23. The number of esters is 1. The minimum Gasteiger partial charge on any atom is -0.460 e. The highest BCUT2D eigenvalue weighted by molar-refractivity contribution is 5.90. The second-order valence-corrected chi connectivity index (χ2v) is 4.29. The minimum atomic E-state index is -0.296. The zero-order chi connectivity index (χ0) is 12.1. The molecule has 0 aromatic rings. The molecule has 0 fully saturated rings. The molecular weight excluding hydrogens is 206 g/mol. The van der Waals surface area contributed by atoms with Crippen molar-refractivity contribution in [1.82, 2.24) is 0 Å². The lowest BCUT2D eigenvalue weighted by Gasteiger charge is -2.12. The molecule has 92 valence electrons. The number of hydrogen-bond acceptors (Lipinski definition) is 4. The van der Waals surface area contributed by atoms with Crippen LogP contribution in [0, 0.1) is 0 Å². The molecule has 0 saturated carbocycles. The normalized spacial score (nSPS) is 20.6. The fourth-order valence-corrected chi connectivity index (χ4v) is 1.71. The van der Waals surface area contributed by atoms with Gasteiger partial charge in [0.2, 0.25) is 0 Å². The lowest BCUT2D eigenvalue weighted by molar-refractivity contribution is -0.142. The van der Waals surface area contributed by atoms with Crippen LogP contribution in [0.1, 0.15) is 40.0 Å². The van der Waals surface area contributed by atoms with Crippen LogP contribution in [-0.2, 0) is 14.3 Å². The molecule has 4 heteroatoms. The Balaban J connectivity index is 2.59. The molecule has 1 aliphatic carbocycles. The zero-order valence-corrected chi connectivity index (χ0v) is 10.3. The Morgan fingerprint density at radius 2 is 2.25 bits per heavy atom.